The molecule has 2 aliphatic heterocycles. The predicted octanol–water partition coefficient (Wildman–Crippen LogP) is 7.43. The smallest absolute Gasteiger partial charge is 0.141 e. The maximum Gasteiger partial charge on any atom is 0.141 e. The highest BCUT2D eigenvalue weighted by atomic mass is 79.9. The van der Waals surface area contributed by atoms with E-state index < -0.39 is 11.2 Å². The maximum atomic E-state index is 6.10. The molecule has 2 atom stereocenters. The average Bonchev–Trinajstić information content (AvgIpc) is 3.56. The Kier molecular flexibility index (Phi) is 6.38. The minimum atomic E-state index is -0.407. The number of hydrogen-bond donors (Lipinski definition) is 0. The van der Waals surface area contributed by atoms with Crippen molar-refractivity contribution in [3.05, 3.63) is 62.2 Å². The van der Waals surface area contributed by atoms with E-state index in [1.165, 1.54) is 0 Å². The van der Waals surface area contributed by atoms with Gasteiger partial charge in [-0.25, -0.2) is 0 Å². The Morgan fingerprint density at radius 2 is 1.04 bits per heavy atom. The van der Waals surface area contributed by atoms with Crippen LogP contribution in [0.2, 0.25) is 0 Å². The van der Waals surface area contributed by atoms with Crippen LogP contribution in [0.5, 0.6) is 0 Å². The van der Waals surface area contributed by atoms with Crippen LogP contribution in [0.1, 0.15) is 11.1 Å². The summed E-state index contributed by atoms with van der Waals surface area (Å²) >= 11 is 21.5. The molecule has 2 aromatic rings. The zero-order chi connectivity index (χ0) is 19.4. The number of halogens is 6. The van der Waals surface area contributed by atoms with Crippen LogP contribution in [0, 0.1) is 0 Å². The number of ether oxygens (including phenoxy) is 3. The molecule has 2 heterocycles. The molecule has 9 heteroatoms. The molecule has 3 nitrogen and oxygen atoms in total. The molecule has 2 saturated heterocycles. The van der Waals surface area contributed by atoms with Gasteiger partial charge in [0.1, 0.15) is 11.2 Å². The van der Waals surface area contributed by atoms with Crippen molar-refractivity contribution < 1.29 is 14.2 Å². The van der Waals surface area contributed by atoms with Gasteiger partial charge in [0.25, 0.3) is 0 Å². The molecule has 0 saturated carbocycles. The largest absolute Gasteiger partial charge is 0.375 e. The van der Waals surface area contributed by atoms with Crippen molar-refractivity contribution in [1.82, 2.24) is 0 Å². The van der Waals surface area contributed by atoms with Crippen molar-refractivity contribution in [3.8, 4) is 0 Å². The summed E-state index contributed by atoms with van der Waals surface area (Å²) in [7, 11) is 0. The second kappa shape index (κ2) is 8.04. The molecule has 4 rings (SSSR count). The van der Waals surface area contributed by atoms with Crippen LogP contribution in [0.3, 0.4) is 0 Å². The van der Waals surface area contributed by atoms with Gasteiger partial charge in [0.2, 0.25) is 0 Å². The second-order valence-corrected chi connectivity index (χ2v) is 11.4. The van der Waals surface area contributed by atoms with E-state index in [1.54, 1.807) is 0 Å². The fraction of sp³-hybridized carbons (Fsp3) is 0.333. The first-order valence-corrected chi connectivity index (χ1v) is 12.7. The Labute approximate surface area is 207 Å². The summed E-state index contributed by atoms with van der Waals surface area (Å²) < 4.78 is 23.6. The van der Waals surface area contributed by atoms with E-state index in [-0.39, 0.29) is 0 Å². The summed E-state index contributed by atoms with van der Waals surface area (Å²) in [5.41, 5.74) is 1.34. The van der Waals surface area contributed by atoms with Crippen molar-refractivity contribution in [2.75, 3.05) is 26.4 Å². The van der Waals surface area contributed by atoms with Crippen molar-refractivity contribution >= 4 is 95.6 Å². The van der Waals surface area contributed by atoms with E-state index in [4.69, 9.17) is 14.2 Å². The van der Waals surface area contributed by atoms with Gasteiger partial charge in [0.15, 0.2) is 0 Å². The van der Waals surface area contributed by atoms with Gasteiger partial charge in [-0.3, -0.25) is 0 Å². The third kappa shape index (κ3) is 4.06. The van der Waals surface area contributed by atoms with Crippen LogP contribution in [-0.4, -0.2) is 26.4 Å². The summed E-state index contributed by atoms with van der Waals surface area (Å²) in [5.74, 6) is 0. The molecule has 2 unspecified atom stereocenters. The molecule has 2 aliphatic rings. The molecular weight excluding hydrogens is 744 g/mol. The van der Waals surface area contributed by atoms with E-state index >= 15 is 0 Å². The van der Waals surface area contributed by atoms with Gasteiger partial charge in [0.05, 0.1) is 26.4 Å². The van der Waals surface area contributed by atoms with Crippen LogP contribution in [0.4, 0.5) is 0 Å². The standard InChI is InChI=1S/C18H12Br6O3/c19-11-3-1-9(13(21)15(11)23)17(7-26-17)5-25-6-18(8-27-18)10-2-4-12(20)16(24)14(10)22/h1-4H,5-8H2. The summed E-state index contributed by atoms with van der Waals surface area (Å²) in [4.78, 5) is 0. The highest BCUT2D eigenvalue weighted by Gasteiger charge is 2.52. The van der Waals surface area contributed by atoms with Crippen molar-refractivity contribution in [1.29, 1.82) is 0 Å². The molecule has 0 spiro atoms. The molecule has 27 heavy (non-hydrogen) atoms. The molecule has 2 fully saturated rings. The number of hydrogen-bond acceptors (Lipinski definition) is 3. The lowest BCUT2D eigenvalue weighted by Gasteiger charge is -2.19. The lowest BCUT2D eigenvalue weighted by Crippen LogP contribution is -2.24. The first kappa shape index (κ1) is 21.4. The highest BCUT2D eigenvalue weighted by molar-refractivity contribution is 9.15. The third-order valence-electron chi connectivity index (χ3n) is 4.71. The summed E-state index contributed by atoms with van der Waals surface area (Å²) in [5, 5.41) is 0. The molecular formula is C18H12Br6O3. The van der Waals surface area contributed by atoms with Gasteiger partial charge in [0, 0.05) is 38.0 Å². The van der Waals surface area contributed by atoms with Gasteiger partial charge in [-0.1, -0.05) is 12.1 Å². The first-order chi connectivity index (χ1) is 12.8. The van der Waals surface area contributed by atoms with Crippen LogP contribution in [-0.2, 0) is 25.4 Å². The molecule has 0 aromatic heterocycles. The Morgan fingerprint density at radius 3 is 1.37 bits per heavy atom. The third-order valence-corrected chi connectivity index (χ3v) is 11.5. The van der Waals surface area contributed by atoms with Crippen molar-refractivity contribution in [2.45, 2.75) is 11.2 Å². The van der Waals surface area contributed by atoms with E-state index in [2.05, 4.69) is 108 Å². The van der Waals surface area contributed by atoms with E-state index in [0.29, 0.717) is 26.4 Å². The molecule has 2 aromatic carbocycles. The lowest BCUT2D eigenvalue weighted by molar-refractivity contribution is 0.0399. The quantitative estimate of drug-likeness (QED) is 0.228. The monoisotopic (exact) mass is 750 g/mol. The minimum absolute atomic E-state index is 0.407. The Hall–Kier alpha value is 1.20. The normalized spacial score (nSPS) is 26.3. The maximum absolute atomic E-state index is 6.10. The highest BCUT2D eigenvalue weighted by Crippen LogP contribution is 2.49. The first-order valence-electron chi connectivity index (χ1n) is 7.93. The molecule has 0 N–H and O–H groups in total. The van der Waals surface area contributed by atoms with Gasteiger partial charge < -0.3 is 14.2 Å². The van der Waals surface area contributed by atoms with Crippen LogP contribution >= 0.6 is 95.6 Å². The average molecular weight is 756 g/mol. The van der Waals surface area contributed by atoms with Gasteiger partial charge in [-0.05, 0) is 108 Å². The van der Waals surface area contributed by atoms with Crippen molar-refractivity contribution in [2.24, 2.45) is 0 Å². The van der Waals surface area contributed by atoms with Gasteiger partial charge >= 0.3 is 0 Å². The fourth-order valence-electron chi connectivity index (χ4n) is 2.94. The zero-order valence-corrected chi connectivity index (χ0v) is 23.1. The van der Waals surface area contributed by atoms with Crippen LogP contribution in [0.25, 0.3) is 0 Å². The number of rotatable bonds is 6. The molecule has 0 radical (unpaired) electrons. The van der Waals surface area contributed by atoms with Gasteiger partial charge in [-0.2, -0.15) is 0 Å². The SMILES string of the molecule is Brc1ccc(C2(COCC3(c4ccc(Br)c(Br)c4Br)CO3)CO2)c(Br)c1Br. The molecule has 0 aliphatic carbocycles. The second-order valence-electron chi connectivity index (χ2n) is 6.50. The van der Waals surface area contributed by atoms with Gasteiger partial charge in [-0.15, -0.1) is 0 Å². The summed E-state index contributed by atoms with van der Waals surface area (Å²) in [6.45, 7) is 2.22. The summed E-state index contributed by atoms with van der Waals surface area (Å²) in [6.07, 6.45) is 0. The number of epoxide rings is 2. The van der Waals surface area contributed by atoms with Crippen molar-refractivity contribution in [3.63, 3.8) is 0 Å². The lowest BCUT2D eigenvalue weighted by atomic mass is 10.00. The van der Waals surface area contributed by atoms with Crippen LogP contribution < -0.4 is 0 Å². The molecule has 0 amide bonds. The fourth-order valence-corrected chi connectivity index (χ4v) is 6.24. The molecule has 0 bridgehead atoms. The number of benzene rings is 2. The Morgan fingerprint density at radius 1 is 0.667 bits per heavy atom. The molecule has 144 valence electrons. The summed E-state index contributed by atoms with van der Waals surface area (Å²) in [6, 6.07) is 8.13. The topological polar surface area (TPSA) is 34.3 Å². The minimum Gasteiger partial charge on any atom is -0.375 e. The van der Waals surface area contributed by atoms with E-state index in [1.807, 2.05) is 12.1 Å². The van der Waals surface area contributed by atoms with E-state index in [0.717, 1.165) is 38.0 Å². The van der Waals surface area contributed by atoms with Crippen LogP contribution in [0.15, 0.2) is 51.1 Å². The zero-order valence-electron chi connectivity index (χ0n) is 13.6. The predicted molar refractivity (Wildman–Crippen MR) is 125 cm³/mol. The Balaban J connectivity index is 1.48. The Bertz CT molecular complexity index is 835. The van der Waals surface area contributed by atoms with E-state index in [9.17, 15) is 0 Å².